The minimum absolute atomic E-state index is 0.0748. The Bertz CT molecular complexity index is 1330. The van der Waals surface area contributed by atoms with Gasteiger partial charge < -0.3 is 9.47 Å². The zero-order valence-corrected chi connectivity index (χ0v) is 17.8. The van der Waals surface area contributed by atoms with Gasteiger partial charge in [-0.2, -0.15) is 0 Å². The van der Waals surface area contributed by atoms with Crippen LogP contribution < -0.4 is 19.7 Å². The molecular formula is C25H17FN2O6. The van der Waals surface area contributed by atoms with Gasteiger partial charge in [0.1, 0.15) is 22.9 Å². The number of barbiturate groups is 1. The van der Waals surface area contributed by atoms with E-state index in [1.807, 2.05) is 5.32 Å². The van der Waals surface area contributed by atoms with Crippen molar-refractivity contribution in [3.63, 3.8) is 0 Å². The van der Waals surface area contributed by atoms with Crippen LogP contribution in [0.1, 0.15) is 15.9 Å². The fourth-order valence-corrected chi connectivity index (χ4v) is 3.24. The van der Waals surface area contributed by atoms with E-state index in [1.54, 1.807) is 24.3 Å². The molecule has 0 radical (unpaired) electrons. The number of amides is 4. The molecule has 8 nitrogen and oxygen atoms in total. The summed E-state index contributed by atoms with van der Waals surface area (Å²) in [7, 11) is 1.50. The highest BCUT2D eigenvalue weighted by Crippen LogP contribution is 2.27. The third kappa shape index (κ3) is 4.40. The average molecular weight is 460 g/mol. The van der Waals surface area contributed by atoms with Gasteiger partial charge in [0.25, 0.3) is 11.8 Å². The number of nitrogens with zero attached hydrogens (tertiary/aromatic N) is 1. The van der Waals surface area contributed by atoms with Gasteiger partial charge in [-0.05, 0) is 48.5 Å². The molecule has 170 valence electrons. The van der Waals surface area contributed by atoms with Crippen molar-refractivity contribution in [2.75, 3.05) is 12.0 Å². The lowest BCUT2D eigenvalue weighted by Crippen LogP contribution is -2.54. The van der Waals surface area contributed by atoms with E-state index in [0.29, 0.717) is 10.6 Å². The van der Waals surface area contributed by atoms with Crippen LogP contribution in [-0.4, -0.2) is 30.9 Å². The summed E-state index contributed by atoms with van der Waals surface area (Å²) in [6.45, 7) is 0. The number of carbonyl (C=O) groups excluding carboxylic acids is 4. The Hall–Kier alpha value is -4.79. The predicted molar refractivity (Wildman–Crippen MR) is 120 cm³/mol. The van der Waals surface area contributed by atoms with Crippen molar-refractivity contribution in [2.24, 2.45) is 0 Å². The van der Waals surface area contributed by atoms with Crippen molar-refractivity contribution in [2.45, 2.75) is 0 Å². The van der Waals surface area contributed by atoms with Gasteiger partial charge in [0, 0.05) is 5.56 Å². The van der Waals surface area contributed by atoms with Gasteiger partial charge in [-0.3, -0.25) is 14.9 Å². The minimum Gasteiger partial charge on any atom is -0.497 e. The number of esters is 1. The van der Waals surface area contributed by atoms with E-state index in [1.165, 1.54) is 55.7 Å². The maximum atomic E-state index is 14.2. The van der Waals surface area contributed by atoms with E-state index in [9.17, 15) is 23.6 Å². The predicted octanol–water partition coefficient (Wildman–Crippen LogP) is 3.72. The lowest BCUT2D eigenvalue weighted by Gasteiger charge is -2.26. The number of anilines is 1. The normalized spacial score (nSPS) is 14.7. The van der Waals surface area contributed by atoms with Crippen molar-refractivity contribution >= 4 is 35.6 Å². The number of hydrogen-bond donors (Lipinski definition) is 1. The van der Waals surface area contributed by atoms with Gasteiger partial charge in [-0.25, -0.2) is 18.9 Å². The Morgan fingerprint density at radius 2 is 1.62 bits per heavy atom. The van der Waals surface area contributed by atoms with Crippen LogP contribution in [0.2, 0.25) is 0 Å². The molecule has 3 aromatic carbocycles. The second-order valence-corrected chi connectivity index (χ2v) is 7.07. The van der Waals surface area contributed by atoms with E-state index < -0.39 is 35.2 Å². The van der Waals surface area contributed by atoms with Gasteiger partial charge in [-0.1, -0.05) is 30.3 Å². The summed E-state index contributed by atoms with van der Waals surface area (Å²) in [6.07, 6.45) is 1.18. The quantitative estimate of drug-likeness (QED) is 0.270. The number of halogens is 1. The van der Waals surface area contributed by atoms with Crippen LogP contribution >= 0.6 is 0 Å². The smallest absolute Gasteiger partial charge is 0.343 e. The molecule has 9 heteroatoms. The fourth-order valence-electron chi connectivity index (χ4n) is 3.24. The number of benzene rings is 3. The molecule has 0 atom stereocenters. The first-order valence-corrected chi connectivity index (χ1v) is 10.0. The second kappa shape index (κ2) is 9.37. The van der Waals surface area contributed by atoms with Crippen molar-refractivity contribution in [3.05, 3.63) is 95.3 Å². The maximum Gasteiger partial charge on any atom is 0.343 e. The van der Waals surface area contributed by atoms with Crippen molar-refractivity contribution in [1.29, 1.82) is 0 Å². The molecular weight excluding hydrogens is 443 g/mol. The van der Waals surface area contributed by atoms with Crippen molar-refractivity contribution < 1.29 is 33.0 Å². The topological polar surface area (TPSA) is 102 Å². The van der Waals surface area contributed by atoms with Gasteiger partial charge >= 0.3 is 12.0 Å². The summed E-state index contributed by atoms with van der Waals surface area (Å²) < 4.78 is 24.8. The summed E-state index contributed by atoms with van der Waals surface area (Å²) in [6, 6.07) is 16.6. The number of urea groups is 1. The highest BCUT2D eigenvalue weighted by molar-refractivity contribution is 6.39. The Labute approximate surface area is 193 Å². The first kappa shape index (κ1) is 22.4. The highest BCUT2D eigenvalue weighted by Gasteiger charge is 2.38. The van der Waals surface area contributed by atoms with Crippen LogP contribution in [0.5, 0.6) is 11.5 Å². The molecule has 3 aromatic rings. The molecule has 1 aliphatic heterocycles. The van der Waals surface area contributed by atoms with E-state index in [4.69, 9.17) is 9.47 Å². The fraction of sp³-hybridized carbons (Fsp3) is 0.0400. The summed E-state index contributed by atoms with van der Waals surface area (Å²) >= 11 is 0. The number of hydrogen-bond acceptors (Lipinski definition) is 6. The van der Waals surface area contributed by atoms with E-state index in [-0.39, 0.29) is 22.6 Å². The number of carbonyl (C=O) groups is 4. The molecule has 1 heterocycles. The van der Waals surface area contributed by atoms with Crippen LogP contribution in [0.15, 0.2) is 78.4 Å². The third-order valence-corrected chi connectivity index (χ3v) is 4.94. The zero-order valence-electron chi connectivity index (χ0n) is 17.8. The average Bonchev–Trinajstić information content (AvgIpc) is 2.84. The largest absolute Gasteiger partial charge is 0.497 e. The Morgan fingerprint density at radius 1 is 0.941 bits per heavy atom. The van der Waals surface area contributed by atoms with E-state index in [2.05, 4.69) is 0 Å². The van der Waals surface area contributed by atoms with Crippen LogP contribution in [0, 0.1) is 5.82 Å². The molecule has 0 aromatic heterocycles. The Balaban J connectivity index is 1.66. The first-order valence-electron chi connectivity index (χ1n) is 10.0. The van der Waals surface area contributed by atoms with Gasteiger partial charge in [0.15, 0.2) is 0 Å². The molecule has 0 bridgehead atoms. The number of para-hydroxylation sites is 2. The summed E-state index contributed by atoms with van der Waals surface area (Å²) in [5.41, 5.74) is -0.254. The van der Waals surface area contributed by atoms with Crippen molar-refractivity contribution in [1.82, 2.24) is 5.32 Å². The van der Waals surface area contributed by atoms with Crippen molar-refractivity contribution in [3.8, 4) is 11.5 Å². The summed E-state index contributed by atoms with van der Waals surface area (Å²) in [5.74, 6) is -2.82. The van der Waals surface area contributed by atoms with Gasteiger partial charge in [-0.15, -0.1) is 0 Å². The van der Waals surface area contributed by atoms with Crippen LogP contribution in [0.3, 0.4) is 0 Å². The number of rotatable bonds is 5. The molecule has 1 saturated heterocycles. The van der Waals surface area contributed by atoms with Gasteiger partial charge in [0.2, 0.25) is 0 Å². The first-order chi connectivity index (χ1) is 16.4. The summed E-state index contributed by atoms with van der Waals surface area (Å²) in [4.78, 5) is 50.8. The molecule has 1 aliphatic rings. The molecule has 1 N–H and O–H groups in total. The molecule has 0 saturated carbocycles. The number of methoxy groups -OCH3 is 1. The lowest BCUT2D eigenvalue weighted by atomic mass is 10.1. The molecule has 4 amide bonds. The monoisotopic (exact) mass is 460 g/mol. The van der Waals surface area contributed by atoms with Crippen LogP contribution in [-0.2, 0) is 9.59 Å². The standard InChI is InChI=1S/C25H17FN2O6/c1-33-17-12-10-15(11-13-17)24(31)34-21-9-5-2-6-16(21)14-18-22(29)27-25(32)28(23(18)30)20-8-4-3-7-19(20)26/h2-14H,1H3,(H,27,29,32)/b18-14-. The van der Waals surface area contributed by atoms with E-state index >= 15 is 0 Å². The third-order valence-electron chi connectivity index (χ3n) is 4.94. The minimum atomic E-state index is -1.07. The van der Waals surface area contributed by atoms with E-state index in [0.717, 1.165) is 6.07 Å². The maximum absolute atomic E-state index is 14.2. The van der Waals surface area contributed by atoms with Crippen LogP contribution in [0.25, 0.3) is 6.08 Å². The molecule has 0 aliphatic carbocycles. The van der Waals surface area contributed by atoms with Gasteiger partial charge in [0.05, 0.1) is 18.4 Å². The number of ether oxygens (including phenoxy) is 2. The number of nitrogens with one attached hydrogen (secondary N) is 1. The molecule has 34 heavy (non-hydrogen) atoms. The van der Waals surface area contributed by atoms with Crippen LogP contribution in [0.4, 0.5) is 14.9 Å². The molecule has 0 spiro atoms. The Kier molecular flexibility index (Phi) is 6.18. The molecule has 1 fully saturated rings. The molecule has 4 rings (SSSR count). The molecule has 0 unspecified atom stereocenters. The lowest BCUT2D eigenvalue weighted by molar-refractivity contribution is -0.122. The highest BCUT2D eigenvalue weighted by atomic mass is 19.1. The summed E-state index contributed by atoms with van der Waals surface area (Å²) in [5, 5.41) is 2.03. The second-order valence-electron chi connectivity index (χ2n) is 7.07. The SMILES string of the molecule is COc1ccc(C(=O)Oc2ccccc2/C=C2/C(=O)NC(=O)N(c3ccccc3F)C2=O)cc1. The zero-order chi connectivity index (χ0) is 24.2. The number of imide groups is 2. The Morgan fingerprint density at radius 3 is 2.32 bits per heavy atom.